The standard InChI is InChI=1S/C54H43NO/c1-4-16-38(17-5-1)42-22-14-23-43(36-42)46-24-10-12-28-51(46)55(45-34-35-50-49-25-11-13-29-52(49)56-53(50)37-45)44-32-30-41(31-33-44)54-47(39-18-6-2-7-19-39)26-15-27-48(54)40-20-8-3-9-21-40/h2-3,6-15,18-38H,1,4-5,16-17H2. The zero-order valence-electron chi connectivity index (χ0n) is 31.4. The minimum Gasteiger partial charge on any atom is -0.456 e. The van der Waals surface area contributed by atoms with Gasteiger partial charge in [-0.25, -0.2) is 0 Å². The average molecular weight is 722 g/mol. The molecule has 0 saturated heterocycles. The summed E-state index contributed by atoms with van der Waals surface area (Å²) in [6, 6.07) is 70.5. The van der Waals surface area contributed by atoms with Crippen LogP contribution in [0.2, 0.25) is 0 Å². The molecule has 1 aromatic heterocycles. The number of rotatable bonds is 8. The van der Waals surface area contributed by atoms with Crippen molar-refractivity contribution in [3.05, 3.63) is 200 Å². The van der Waals surface area contributed by atoms with Crippen LogP contribution >= 0.6 is 0 Å². The highest BCUT2D eigenvalue weighted by Gasteiger charge is 2.22. The molecule has 0 spiro atoms. The number of para-hydroxylation sites is 2. The summed E-state index contributed by atoms with van der Waals surface area (Å²) in [6.07, 6.45) is 6.55. The van der Waals surface area contributed by atoms with E-state index in [1.165, 1.54) is 82.2 Å². The van der Waals surface area contributed by atoms with Crippen LogP contribution in [0.5, 0.6) is 0 Å². The molecule has 0 radical (unpaired) electrons. The number of hydrogen-bond acceptors (Lipinski definition) is 2. The summed E-state index contributed by atoms with van der Waals surface area (Å²) in [5, 5.41) is 2.26. The molecule has 1 heterocycles. The number of anilines is 3. The van der Waals surface area contributed by atoms with Crippen LogP contribution in [-0.2, 0) is 0 Å². The van der Waals surface area contributed by atoms with Crippen LogP contribution in [0.1, 0.15) is 43.6 Å². The normalized spacial score (nSPS) is 13.3. The van der Waals surface area contributed by atoms with Gasteiger partial charge in [-0.05, 0) is 99.7 Å². The average Bonchev–Trinajstić information content (AvgIpc) is 3.66. The molecule has 0 aliphatic heterocycles. The van der Waals surface area contributed by atoms with Crippen molar-refractivity contribution in [1.29, 1.82) is 0 Å². The topological polar surface area (TPSA) is 16.4 Å². The lowest BCUT2D eigenvalue weighted by Gasteiger charge is -2.28. The lowest BCUT2D eigenvalue weighted by Crippen LogP contribution is -2.11. The van der Waals surface area contributed by atoms with Crippen LogP contribution in [0.3, 0.4) is 0 Å². The Bertz CT molecular complexity index is 2720. The van der Waals surface area contributed by atoms with Gasteiger partial charge in [0.2, 0.25) is 0 Å². The van der Waals surface area contributed by atoms with E-state index < -0.39 is 0 Å². The van der Waals surface area contributed by atoms with Gasteiger partial charge in [0.1, 0.15) is 11.2 Å². The van der Waals surface area contributed by atoms with Crippen LogP contribution in [-0.4, -0.2) is 0 Å². The quantitative estimate of drug-likeness (QED) is 0.155. The zero-order chi connectivity index (χ0) is 37.3. The number of hydrogen-bond donors (Lipinski definition) is 0. The van der Waals surface area contributed by atoms with E-state index in [1.807, 2.05) is 6.07 Å². The third-order valence-corrected chi connectivity index (χ3v) is 11.7. The molecule has 8 aromatic carbocycles. The zero-order valence-corrected chi connectivity index (χ0v) is 31.4. The monoisotopic (exact) mass is 721 g/mol. The van der Waals surface area contributed by atoms with Gasteiger partial charge < -0.3 is 9.32 Å². The van der Waals surface area contributed by atoms with Gasteiger partial charge in [-0.2, -0.15) is 0 Å². The first kappa shape index (κ1) is 33.9. The second-order valence-electron chi connectivity index (χ2n) is 15.1. The van der Waals surface area contributed by atoms with Crippen LogP contribution < -0.4 is 4.90 Å². The molecular weight excluding hydrogens is 679 g/mol. The van der Waals surface area contributed by atoms with Crippen molar-refractivity contribution < 1.29 is 4.42 Å². The van der Waals surface area contributed by atoms with Gasteiger partial charge in [0.25, 0.3) is 0 Å². The molecule has 10 rings (SSSR count). The molecule has 0 atom stereocenters. The van der Waals surface area contributed by atoms with Crippen molar-refractivity contribution in [2.45, 2.75) is 38.0 Å². The Morgan fingerprint density at radius 1 is 0.393 bits per heavy atom. The molecule has 0 amide bonds. The van der Waals surface area contributed by atoms with Gasteiger partial charge in [-0.15, -0.1) is 0 Å². The summed E-state index contributed by atoms with van der Waals surface area (Å²) in [5.74, 6) is 0.634. The van der Waals surface area contributed by atoms with E-state index >= 15 is 0 Å². The summed E-state index contributed by atoms with van der Waals surface area (Å²) in [6.45, 7) is 0. The fourth-order valence-corrected chi connectivity index (χ4v) is 8.95. The van der Waals surface area contributed by atoms with E-state index in [1.54, 1.807) is 0 Å². The number of benzene rings is 8. The molecule has 2 heteroatoms. The van der Waals surface area contributed by atoms with E-state index in [0.717, 1.165) is 39.0 Å². The molecule has 2 nitrogen and oxygen atoms in total. The molecule has 0 N–H and O–H groups in total. The Kier molecular flexibility index (Phi) is 9.01. The number of nitrogens with zero attached hydrogens (tertiary/aromatic N) is 1. The van der Waals surface area contributed by atoms with E-state index in [-0.39, 0.29) is 0 Å². The first-order valence-corrected chi connectivity index (χ1v) is 20.0. The Hall–Kier alpha value is -6.64. The highest BCUT2D eigenvalue weighted by atomic mass is 16.3. The highest BCUT2D eigenvalue weighted by Crippen LogP contribution is 2.46. The summed E-state index contributed by atoms with van der Waals surface area (Å²) in [5.41, 5.74) is 16.2. The van der Waals surface area contributed by atoms with Gasteiger partial charge >= 0.3 is 0 Å². The molecule has 1 fully saturated rings. The minimum atomic E-state index is 0.634. The largest absolute Gasteiger partial charge is 0.456 e. The predicted molar refractivity (Wildman–Crippen MR) is 236 cm³/mol. The number of fused-ring (bicyclic) bond motifs is 3. The van der Waals surface area contributed by atoms with Crippen LogP contribution in [0, 0.1) is 0 Å². The third-order valence-electron chi connectivity index (χ3n) is 11.7. The van der Waals surface area contributed by atoms with Crippen LogP contribution in [0.15, 0.2) is 199 Å². The van der Waals surface area contributed by atoms with Crippen molar-refractivity contribution in [2.75, 3.05) is 4.90 Å². The highest BCUT2D eigenvalue weighted by molar-refractivity contribution is 6.06. The van der Waals surface area contributed by atoms with Crippen molar-refractivity contribution in [3.63, 3.8) is 0 Å². The molecule has 0 bridgehead atoms. The maximum Gasteiger partial charge on any atom is 0.137 e. The third kappa shape index (κ3) is 6.37. The summed E-state index contributed by atoms with van der Waals surface area (Å²) < 4.78 is 6.47. The van der Waals surface area contributed by atoms with Gasteiger partial charge in [0, 0.05) is 33.8 Å². The second kappa shape index (κ2) is 14.9. The maximum atomic E-state index is 6.47. The van der Waals surface area contributed by atoms with Gasteiger partial charge in [0.15, 0.2) is 0 Å². The fraction of sp³-hybridized carbons (Fsp3) is 0.111. The SMILES string of the molecule is c1ccc(-c2cccc(-c3ccccc3)c2-c2ccc(N(c3ccc4c(c3)oc3ccccc34)c3ccccc3-c3cccc(C4CCCCC4)c3)cc2)cc1. The first-order valence-electron chi connectivity index (χ1n) is 20.0. The fourth-order valence-electron chi connectivity index (χ4n) is 8.95. The Morgan fingerprint density at radius 2 is 0.982 bits per heavy atom. The smallest absolute Gasteiger partial charge is 0.137 e. The Morgan fingerprint density at radius 3 is 1.73 bits per heavy atom. The summed E-state index contributed by atoms with van der Waals surface area (Å²) >= 11 is 0. The number of furan rings is 1. The Balaban J connectivity index is 1.14. The Labute approximate surface area is 329 Å². The predicted octanol–water partition coefficient (Wildman–Crippen LogP) is 15.8. The summed E-state index contributed by atoms with van der Waals surface area (Å²) in [7, 11) is 0. The van der Waals surface area contributed by atoms with Gasteiger partial charge in [0.05, 0.1) is 5.69 Å². The molecule has 1 aliphatic rings. The molecule has 1 saturated carbocycles. The lowest BCUT2D eigenvalue weighted by atomic mass is 9.83. The molecule has 9 aromatic rings. The van der Waals surface area contributed by atoms with Gasteiger partial charge in [-0.3, -0.25) is 0 Å². The van der Waals surface area contributed by atoms with E-state index in [4.69, 9.17) is 4.42 Å². The van der Waals surface area contributed by atoms with E-state index in [2.05, 4.69) is 193 Å². The molecular formula is C54H43NO. The van der Waals surface area contributed by atoms with Crippen LogP contribution in [0.25, 0.3) is 66.4 Å². The maximum absolute atomic E-state index is 6.47. The van der Waals surface area contributed by atoms with Crippen molar-refractivity contribution in [3.8, 4) is 44.5 Å². The van der Waals surface area contributed by atoms with E-state index in [9.17, 15) is 0 Å². The van der Waals surface area contributed by atoms with Gasteiger partial charge in [-0.1, -0.05) is 171 Å². The lowest BCUT2D eigenvalue weighted by molar-refractivity contribution is 0.444. The van der Waals surface area contributed by atoms with Crippen molar-refractivity contribution in [1.82, 2.24) is 0 Å². The molecule has 0 unspecified atom stereocenters. The van der Waals surface area contributed by atoms with E-state index in [0.29, 0.717) is 5.92 Å². The molecule has 56 heavy (non-hydrogen) atoms. The van der Waals surface area contributed by atoms with Crippen LogP contribution in [0.4, 0.5) is 17.1 Å². The summed E-state index contributed by atoms with van der Waals surface area (Å²) in [4.78, 5) is 2.40. The van der Waals surface area contributed by atoms with Crippen molar-refractivity contribution >= 4 is 39.0 Å². The second-order valence-corrected chi connectivity index (χ2v) is 15.1. The van der Waals surface area contributed by atoms with Crippen molar-refractivity contribution in [2.24, 2.45) is 0 Å². The molecule has 270 valence electrons. The molecule has 1 aliphatic carbocycles. The minimum absolute atomic E-state index is 0.634. The first-order chi connectivity index (χ1) is 27.8.